The molecular formula is C70H94N18O20S2. The minimum absolute atomic E-state index is 0.145. The summed E-state index contributed by atoms with van der Waals surface area (Å²) in [7, 11) is 0. The molecular weight excluding hydrogens is 1480 g/mol. The number of aromatic hydroxyl groups is 1. The first kappa shape index (κ1) is 88.8. The number of para-hydroxylation sites is 2. The highest BCUT2D eigenvalue weighted by molar-refractivity contribution is 7.80. The van der Waals surface area contributed by atoms with E-state index in [-0.39, 0.29) is 36.7 Å². The van der Waals surface area contributed by atoms with Crippen molar-refractivity contribution in [1.82, 2.24) is 73.8 Å². The van der Waals surface area contributed by atoms with E-state index in [0.717, 1.165) is 13.8 Å². The molecule has 0 bridgehead atoms. The van der Waals surface area contributed by atoms with Gasteiger partial charge in [0.2, 0.25) is 94.5 Å². The molecule has 0 unspecified atom stereocenters. The van der Waals surface area contributed by atoms with Crippen molar-refractivity contribution >= 4 is 148 Å². The largest absolute Gasteiger partial charge is 0.508 e. The molecule has 0 radical (unpaired) electrons. The van der Waals surface area contributed by atoms with Crippen LogP contribution in [0.25, 0.3) is 21.8 Å². The second-order valence-electron chi connectivity index (χ2n) is 26.3. The van der Waals surface area contributed by atoms with Crippen LogP contribution in [0, 0.1) is 5.92 Å². The van der Waals surface area contributed by atoms with Crippen LogP contribution in [0.2, 0.25) is 0 Å². The summed E-state index contributed by atoms with van der Waals surface area (Å²) in [5.41, 5.74) is 23.7. The Morgan fingerprint density at radius 2 is 0.791 bits per heavy atom. The summed E-state index contributed by atoms with van der Waals surface area (Å²) in [4.78, 5) is 235. The Bertz CT molecular complexity index is 4170. The number of phenols is 1. The molecule has 3 aromatic carbocycles. The van der Waals surface area contributed by atoms with Crippen LogP contribution in [0.15, 0.2) is 85.2 Å². The number of H-pyrrole nitrogens is 2. The third-order valence-electron chi connectivity index (χ3n) is 16.9. The maximum absolute atomic E-state index is 15.1. The molecule has 0 saturated heterocycles. The number of aliphatic hydroxyl groups excluding tert-OH is 1. The van der Waals surface area contributed by atoms with Crippen LogP contribution in [0.3, 0.4) is 0 Å². The molecule has 0 aliphatic heterocycles. The highest BCUT2D eigenvalue weighted by Gasteiger charge is 2.39. The molecule has 25 N–H and O–H groups in total. The fourth-order valence-electron chi connectivity index (χ4n) is 11.3. The first-order valence-electron chi connectivity index (χ1n) is 34.7. The number of fused-ring (bicyclic) bond motifs is 2. The Morgan fingerprint density at radius 1 is 0.418 bits per heavy atom. The van der Waals surface area contributed by atoms with Gasteiger partial charge in [0.15, 0.2) is 0 Å². The number of carboxylic acids is 1. The van der Waals surface area contributed by atoms with E-state index < -0.39 is 237 Å². The molecule has 12 atom stereocenters. The van der Waals surface area contributed by atoms with Crippen LogP contribution in [-0.4, -0.2) is 216 Å². The third-order valence-corrected chi connectivity index (χ3v) is 17.7. The van der Waals surface area contributed by atoms with E-state index in [0.29, 0.717) is 38.5 Å². The number of amides is 16. The zero-order chi connectivity index (χ0) is 81.6. The number of rotatable bonds is 46. The van der Waals surface area contributed by atoms with E-state index in [1.807, 2.05) is 0 Å². The number of benzene rings is 3. The van der Waals surface area contributed by atoms with Crippen LogP contribution in [0.4, 0.5) is 0 Å². The first-order chi connectivity index (χ1) is 52.0. The van der Waals surface area contributed by atoms with Gasteiger partial charge in [-0.05, 0) is 79.5 Å². The minimum atomic E-state index is -1.92. The molecule has 0 saturated carbocycles. The molecule has 40 heteroatoms. The molecule has 0 aliphatic rings. The molecule has 2 heterocycles. The van der Waals surface area contributed by atoms with E-state index >= 15 is 4.79 Å². The minimum Gasteiger partial charge on any atom is -0.508 e. The number of aromatic nitrogens is 2. The smallest absolute Gasteiger partial charge is 0.303 e. The van der Waals surface area contributed by atoms with E-state index in [1.165, 1.54) is 36.7 Å². The van der Waals surface area contributed by atoms with E-state index in [4.69, 9.17) is 22.9 Å². The normalized spacial score (nSPS) is 14.4. The van der Waals surface area contributed by atoms with Crippen molar-refractivity contribution in [3.8, 4) is 5.75 Å². The monoisotopic (exact) mass is 1570 g/mol. The summed E-state index contributed by atoms with van der Waals surface area (Å²) in [6.45, 7) is 4.88. The molecule has 5 rings (SSSR count). The summed E-state index contributed by atoms with van der Waals surface area (Å²) in [5.74, 6) is -19.3. The maximum Gasteiger partial charge on any atom is 0.303 e. The van der Waals surface area contributed by atoms with Crippen molar-refractivity contribution in [2.45, 2.75) is 171 Å². The van der Waals surface area contributed by atoms with Crippen LogP contribution < -0.4 is 86.7 Å². The summed E-state index contributed by atoms with van der Waals surface area (Å²) in [6.07, 6.45) is -4.17. The molecule has 2 aromatic heterocycles. The number of phenolic OH excluding ortho intramolecular Hbond substituents is 1. The number of thiol groups is 2. The van der Waals surface area contributed by atoms with Gasteiger partial charge in [0.25, 0.3) is 0 Å². The number of hydrogen-bond donors (Lipinski definition) is 23. The first-order valence-corrected chi connectivity index (χ1v) is 35.9. The standard InChI is InChI=1S/C70H94N18O20S2/c1-33(2)23-47(64(102)85-51(27-56(73)94)60(98)77-30-57(74)95)82-61(99)46(19-22-58(96)97)80-66(104)49(25-37-28-75-42-11-7-5-9-40(37)42)84-65(103)48(24-36-13-15-39(91)16-14-36)83-69(107)53(32-110)87-62(100)44(17-20-54(71)92)79-67(105)50(26-38-29-76-43-12-8-6-10-41(38)43)86-70(108)59(34(3)89)88-63(101)45(18-21-55(72)93)81-68(106)52(31-109)78-35(4)90/h5-16,28-29,33-34,44-53,59,75-76,89,91,109-110H,17-27,30-32H2,1-4H3,(H2,71,92)(H2,72,93)(H2,73,94)(H2,74,95)(H,77,98)(H,78,90)(H,79,105)(H,80,104)(H,81,106)(H,82,99)(H,83,107)(H,84,103)(H,85,102)(H,86,108)(H,87,100)(H,88,101)(H,96,97)/t34-,44+,45+,46+,47+,48+,49+,50+,51+,52+,53+,59+/m1/s1. The van der Waals surface area contributed by atoms with E-state index in [2.05, 4.69) is 99.0 Å². The van der Waals surface area contributed by atoms with Crippen LogP contribution >= 0.6 is 25.3 Å². The third kappa shape index (κ3) is 28.7. The number of primary amides is 4. The predicted octanol–water partition coefficient (Wildman–Crippen LogP) is -5.11. The van der Waals surface area contributed by atoms with Gasteiger partial charge in [-0.2, -0.15) is 25.3 Å². The Kier molecular flexibility index (Phi) is 34.9. The summed E-state index contributed by atoms with van der Waals surface area (Å²) in [5, 5.41) is 61.4. The number of carboxylic acid groups (broad SMARTS) is 1. The number of nitrogens with one attached hydrogen (secondary N) is 14. The number of carbonyl (C=O) groups excluding carboxylic acids is 16. The lowest BCUT2D eigenvalue weighted by atomic mass is 10.00. The topological polar surface area (TPSA) is 631 Å². The Labute approximate surface area is 640 Å². The average Bonchev–Trinajstić information content (AvgIpc) is 1.66. The van der Waals surface area contributed by atoms with Gasteiger partial charge < -0.3 is 112 Å². The van der Waals surface area contributed by atoms with Crippen molar-refractivity contribution < 1.29 is 96.8 Å². The lowest BCUT2D eigenvalue weighted by Gasteiger charge is -2.29. The van der Waals surface area contributed by atoms with Gasteiger partial charge in [0, 0.05) is 91.2 Å². The Morgan fingerprint density at radius 3 is 1.21 bits per heavy atom. The Hall–Kier alpha value is -11.8. The zero-order valence-electron chi connectivity index (χ0n) is 60.5. The second kappa shape index (κ2) is 43.3. The predicted molar refractivity (Wildman–Crippen MR) is 401 cm³/mol. The highest BCUT2D eigenvalue weighted by Crippen LogP contribution is 2.22. The second-order valence-corrected chi connectivity index (χ2v) is 27.1. The fraction of sp³-hybridized carbons (Fsp3) is 0.443. The summed E-state index contributed by atoms with van der Waals surface area (Å²) < 4.78 is 0. The molecule has 5 aromatic rings. The van der Waals surface area contributed by atoms with Gasteiger partial charge >= 0.3 is 5.97 Å². The van der Waals surface area contributed by atoms with Gasteiger partial charge in [-0.3, -0.25) is 81.5 Å². The maximum atomic E-state index is 15.1. The lowest BCUT2D eigenvalue weighted by Crippen LogP contribution is -2.62. The molecule has 110 heavy (non-hydrogen) atoms. The quantitative estimate of drug-likeness (QED) is 0.0162. The van der Waals surface area contributed by atoms with Crippen molar-refractivity contribution in [2.75, 3.05) is 18.1 Å². The zero-order valence-corrected chi connectivity index (χ0v) is 62.3. The van der Waals surface area contributed by atoms with E-state index in [9.17, 15) is 92.0 Å². The van der Waals surface area contributed by atoms with Crippen molar-refractivity contribution in [1.29, 1.82) is 0 Å². The average molecular weight is 1570 g/mol. The lowest BCUT2D eigenvalue weighted by molar-refractivity contribution is -0.139. The van der Waals surface area contributed by atoms with Crippen molar-refractivity contribution in [3.63, 3.8) is 0 Å². The van der Waals surface area contributed by atoms with Crippen LogP contribution in [0.5, 0.6) is 5.75 Å². The van der Waals surface area contributed by atoms with Crippen molar-refractivity contribution in [3.05, 3.63) is 102 Å². The van der Waals surface area contributed by atoms with Gasteiger partial charge in [0.1, 0.15) is 72.2 Å². The highest BCUT2D eigenvalue weighted by atomic mass is 32.1. The van der Waals surface area contributed by atoms with Crippen molar-refractivity contribution in [2.24, 2.45) is 28.9 Å². The molecule has 38 nitrogen and oxygen atoms in total. The van der Waals surface area contributed by atoms with Gasteiger partial charge in [-0.15, -0.1) is 0 Å². The van der Waals surface area contributed by atoms with Gasteiger partial charge in [-0.25, -0.2) is 0 Å². The summed E-state index contributed by atoms with van der Waals surface area (Å²) >= 11 is 8.42. The number of aliphatic carboxylic acids is 1. The molecule has 16 amide bonds. The SMILES string of the molecule is CC(=O)N[C@@H](CS)C(=O)N[C@@H](CCC(N)=O)C(=O)N[C@H](C(=O)N[C@@H](Cc1c[nH]c2ccccc12)C(=O)N[C@@H](CCC(N)=O)C(=O)N[C@@H](CS)C(=O)N[C@@H](Cc1ccc(O)cc1)C(=O)N[C@@H](Cc1c[nH]c2ccccc12)C(=O)N[C@@H](CCC(=O)O)C(=O)N[C@@H](CC(C)C)C(=O)N[C@@H](CC(N)=O)C(=O)NCC(N)=O)[C@@H](C)O. The summed E-state index contributed by atoms with van der Waals surface area (Å²) in [6, 6.07) is 0.429. The fourth-order valence-corrected chi connectivity index (χ4v) is 11.8. The van der Waals surface area contributed by atoms with Crippen LogP contribution in [0.1, 0.15) is 95.8 Å². The number of carbonyl (C=O) groups is 17. The van der Waals surface area contributed by atoms with Gasteiger partial charge in [-0.1, -0.05) is 62.4 Å². The molecule has 0 fully saturated rings. The van der Waals surface area contributed by atoms with Crippen LogP contribution in [-0.2, 0) is 101 Å². The Balaban J connectivity index is 1.48. The number of aliphatic hydroxyl groups is 1. The number of nitrogens with two attached hydrogens (primary N) is 4. The molecule has 0 aliphatic carbocycles. The van der Waals surface area contributed by atoms with E-state index in [1.54, 1.807) is 62.4 Å². The van der Waals surface area contributed by atoms with Gasteiger partial charge in [0.05, 0.1) is 19.1 Å². The molecule has 596 valence electrons. The number of aromatic amines is 2. The number of hydrogen-bond acceptors (Lipinski definition) is 21. The molecule has 0 spiro atoms.